The fourth-order valence-electron chi connectivity index (χ4n) is 2.75. The Hall–Kier alpha value is -2.11. The molecular weight excluding hydrogens is 292 g/mol. The number of aryl methyl sites for hydroxylation is 1. The fraction of sp³-hybridized carbons (Fsp3) is 0.588. The highest BCUT2D eigenvalue weighted by Crippen LogP contribution is 2.17. The van der Waals surface area contributed by atoms with Gasteiger partial charge in [-0.3, -0.25) is 4.79 Å². The van der Waals surface area contributed by atoms with Gasteiger partial charge in [0.2, 0.25) is 5.91 Å². The Morgan fingerprint density at radius 1 is 1.22 bits per heavy atom. The minimum Gasteiger partial charge on any atom is -0.338 e. The van der Waals surface area contributed by atoms with E-state index in [1.165, 1.54) is 19.3 Å². The highest BCUT2D eigenvalue weighted by atomic mass is 16.2. The second kappa shape index (κ2) is 9.12. The largest absolute Gasteiger partial charge is 0.338 e. The summed E-state index contributed by atoms with van der Waals surface area (Å²) in [7, 11) is 0. The van der Waals surface area contributed by atoms with Crippen LogP contribution < -0.4 is 16.0 Å². The first kappa shape index (κ1) is 17.2. The first-order valence-corrected chi connectivity index (χ1v) is 8.41. The van der Waals surface area contributed by atoms with E-state index in [0.717, 1.165) is 18.5 Å². The summed E-state index contributed by atoms with van der Waals surface area (Å²) in [6.07, 6.45) is 6.76. The Morgan fingerprint density at radius 3 is 2.74 bits per heavy atom. The topological polar surface area (TPSA) is 83.1 Å². The molecule has 1 fully saturated rings. The summed E-state index contributed by atoms with van der Waals surface area (Å²) in [6.45, 7) is 2.37. The number of urea groups is 1. The molecule has 3 N–H and O–H groups in total. The van der Waals surface area contributed by atoms with Gasteiger partial charge >= 0.3 is 6.03 Å². The summed E-state index contributed by atoms with van der Waals surface area (Å²) in [4.78, 5) is 27.8. The van der Waals surface area contributed by atoms with Gasteiger partial charge in [-0.05, 0) is 38.3 Å². The summed E-state index contributed by atoms with van der Waals surface area (Å²) in [5.41, 5.74) is 0.865. The number of anilines is 1. The van der Waals surface area contributed by atoms with Crippen LogP contribution in [0, 0.1) is 6.92 Å². The molecule has 1 heterocycles. The summed E-state index contributed by atoms with van der Waals surface area (Å²) in [5, 5.41) is 8.56. The van der Waals surface area contributed by atoms with Gasteiger partial charge in [0.15, 0.2) is 0 Å². The predicted molar refractivity (Wildman–Crippen MR) is 90.2 cm³/mol. The number of carbonyl (C=O) groups excluding carboxylic acids is 2. The molecule has 0 aliphatic heterocycles. The molecule has 0 spiro atoms. The Balaban J connectivity index is 1.57. The molecular formula is C17H26N4O2. The molecule has 0 unspecified atom stereocenters. The van der Waals surface area contributed by atoms with E-state index >= 15 is 0 Å². The first-order chi connectivity index (χ1) is 11.1. The standard InChI is InChI=1S/C17H26N4O2/c1-13-7-5-10-15(19-13)21-16(22)11-6-12-18-17(23)20-14-8-3-2-4-9-14/h5,7,10,14H,2-4,6,8-9,11-12H2,1H3,(H2,18,20,23)(H,19,21,22). The molecule has 3 amide bonds. The molecule has 0 aromatic carbocycles. The molecule has 0 bridgehead atoms. The molecule has 23 heavy (non-hydrogen) atoms. The number of amides is 3. The van der Waals surface area contributed by atoms with Crippen molar-refractivity contribution < 1.29 is 9.59 Å². The maximum absolute atomic E-state index is 11.8. The predicted octanol–water partition coefficient (Wildman–Crippen LogP) is 2.74. The number of rotatable bonds is 6. The quantitative estimate of drug-likeness (QED) is 0.705. The summed E-state index contributed by atoms with van der Waals surface area (Å²) < 4.78 is 0. The van der Waals surface area contributed by atoms with Crippen LogP contribution >= 0.6 is 0 Å². The molecule has 6 heteroatoms. The van der Waals surface area contributed by atoms with Crippen LogP contribution in [0.4, 0.5) is 10.6 Å². The zero-order valence-corrected chi connectivity index (χ0v) is 13.7. The third-order valence-corrected chi connectivity index (χ3v) is 3.96. The van der Waals surface area contributed by atoms with Crippen molar-refractivity contribution in [3.8, 4) is 0 Å². The van der Waals surface area contributed by atoms with Gasteiger partial charge in [0.25, 0.3) is 0 Å². The van der Waals surface area contributed by atoms with Gasteiger partial charge in [-0.2, -0.15) is 0 Å². The van der Waals surface area contributed by atoms with Crippen LogP contribution in [0.5, 0.6) is 0 Å². The van der Waals surface area contributed by atoms with Crippen molar-refractivity contribution in [2.24, 2.45) is 0 Å². The maximum atomic E-state index is 11.8. The Bertz CT molecular complexity index is 527. The van der Waals surface area contributed by atoms with E-state index in [1.807, 2.05) is 19.1 Å². The number of hydrogen-bond donors (Lipinski definition) is 3. The van der Waals surface area contributed by atoms with Crippen molar-refractivity contribution in [2.75, 3.05) is 11.9 Å². The summed E-state index contributed by atoms with van der Waals surface area (Å²) in [5.74, 6) is 0.482. The van der Waals surface area contributed by atoms with Gasteiger partial charge in [0.05, 0.1) is 0 Å². The summed E-state index contributed by atoms with van der Waals surface area (Å²) in [6, 6.07) is 5.68. The van der Waals surface area contributed by atoms with E-state index in [9.17, 15) is 9.59 Å². The van der Waals surface area contributed by atoms with Crippen molar-refractivity contribution in [2.45, 2.75) is 57.9 Å². The Labute approximate surface area is 137 Å². The van der Waals surface area contributed by atoms with Gasteiger partial charge in [0, 0.05) is 24.7 Å². The number of nitrogens with zero attached hydrogens (tertiary/aromatic N) is 1. The van der Waals surface area contributed by atoms with Crippen molar-refractivity contribution in [1.29, 1.82) is 0 Å². The van der Waals surface area contributed by atoms with E-state index in [4.69, 9.17) is 0 Å². The normalized spacial score (nSPS) is 15.0. The van der Waals surface area contributed by atoms with E-state index in [0.29, 0.717) is 31.2 Å². The second-order valence-electron chi connectivity index (χ2n) is 6.05. The third kappa shape index (κ3) is 6.67. The minimum absolute atomic E-state index is 0.0856. The molecule has 0 radical (unpaired) electrons. The second-order valence-corrected chi connectivity index (χ2v) is 6.05. The zero-order valence-electron chi connectivity index (χ0n) is 13.7. The molecule has 6 nitrogen and oxygen atoms in total. The van der Waals surface area contributed by atoms with Gasteiger partial charge in [-0.1, -0.05) is 25.3 Å². The van der Waals surface area contributed by atoms with Crippen molar-refractivity contribution in [1.82, 2.24) is 15.6 Å². The third-order valence-electron chi connectivity index (χ3n) is 3.96. The first-order valence-electron chi connectivity index (χ1n) is 8.41. The van der Waals surface area contributed by atoms with E-state index in [-0.39, 0.29) is 11.9 Å². The smallest absolute Gasteiger partial charge is 0.315 e. The number of nitrogens with one attached hydrogen (secondary N) is 3. The van der Waals surface area contributed by atoms with Crippen LogP contribution in [0.15, 0.2) is 18.2 Å². The van der Waals surface area contributed by atoms with Gasteiger partial charge in [-0.15, -0.1) is 0 Å². The molecule has 0 atom stereocenters. The van der Waals surface area contributed by atoms with Crippen LogP contribution in [0.2, 0.25) is 0 Å². The molecule has 1 aromatic heterocycles. The van der Waals surface area contributed by atoms with Crippen molar-refractivity contribution in [3.63, 3.8) is 0 Å². The fourth-order valence-corrected chi connectivity index (χ4v) is 2.75. The number of hydrogen-bond acceptors (Lipinski definition) is 3. The summed E-state index contributed by atoms with van der Waals surface area (Å²) >= 11 is 0. The van der Waals surface area contributed by atoms with Crippen LogP contribution in [-0.2, 0) is 4.79 Å². The molecule has 2 rings (SSSR count). The molecule has 126 valence electrons. The monoisotopic (exact) mass is 318 g/mol. The number of aromatic nitrogens is 1. The van der Waals surface area contributed by atoms with E-state index in [2.05, 4.69) is 20.9 Å². The lowest BCUT2D eigenvalue weighted by Crippen LogP contribution is -2.43. The zero-order chi connectivity index (χ0) is 16.5. The van der Waals surface area contributed by atoms with Gasteiger partial charge in [0.1, 0.15) is 5.82 Å². The number of pyridine rings is 1. The number of carbonyl (C=O) groups is 2. The average Bonchev–Trinajstić information content (AvgIpc) is 2.52. The highest BCUT2D eigenvalue weighted by molar-refractivity contribution is 5.89. The molecule has 1 aliphatic rings. The molecule has 1 saturated carbocycles. The van der Waals surface area contributed by atoms with Gasteiger partial charge in [-0.25, -0.2) is 9.78 Å². The van der Waals surface area contributed by atoms with E-state index in [1.54, 1.807) is 6.07 Å². The Kier molecular flexibility index (Phi) is 6.84. The lowest BCUT2D eigenvalue weighted by Gasteiger charge is -2.22. The van der Waals surface area contributed by atoms with Crippen LogP contribution in [0.25, 0.3) is 0 Å². The lowest BCUT2D eigenvalue weighted by molar-refractivity contribution is -0.116. The highest BCUT2D eigenvalue weighted by Gasteiger charge is 2.15. The maximum Gasteiger partial charge on any atom is 0.315 e. The molecule has 1 aromatic rings. The van der Waals surface area contributed by atoms with E-state index < -0.39 is 0 Å². The molecule has 0 saturated heterocycles. The SMILES string of the molecule is Cc1cccc(NC(=O)CCCNC(=O)NC2CCCCC2)n1. The van der Waals surface area contributed by atoms with Crippen LogP contribution in [-0.4, -0.2) is 29.5 Å². The van der Waals surface area contributed by atoms with Gasteiger partial charge < -0.3 is 16.0 Å². The van der Waals surface area contributed by atoms with Crippen molar-refractivity contribution >= 4 is 17.8 Å². The van der Waals surface area contributed by atoms with Crippen molar-refractivity contribution in [3.05, 3.63) is 23.9 Å². The van der Waals surface area contributed by atoms with Crippen LogP contribution in [0.1, 0.15) is 50.6 Å². The lowest BCUT2D eigenvalue weighted by atomic mass is 9.96. The van der Waals surface area contributed by atoms with Crippen LogP contribution in [0.3, 0.4) is 0 Å². The minimum atomic E-state index is -0.127. The average molecular weight is 318 g/mol. The Morgan fingerprint density at radius 2 is 2.00 bits per heavy atom. The molecule has 1 aliphatic carbocycles.